The Labute approximate surface area is 125 Å². The lowest BCUT2D eigenvalue weighted by atomic mass is 9.83. The first-order valence-corrected chi connectivity index (χ1v) is 7.48. The summed E-state index contributed by atoms with van der Waals surface area (Å²) in [6.07, 6.45) is 1.78. The van der Waals surface area contributed by atoms with E-state index in [-0.39, 0.29) is 12.0 Å². The molecule has 1 fully saturated rings. The molecule has 0 atom stereocenters. The third-order valence-corrected chi connectivity index (χ3v) is 4.10. The van der Waals surface area contributed by atoms with Crippen molar-refractivity contribution in [2.45, 2.75) is 39.2 Å². The Morgan fingerprint density at radius 1 is 1.40 bits per heavy atom. The van der Waals surface area contributed by atoms with Gasteiger partial charge < -0.3 is 10.0 Å². The number of carbonyl (C=O) groups excluding carboxylic acids is 1. The van der Waals surface area contributed by atoms with E-state index in [2.05, 4.69) is 0 Å². The first kappa shape index (κ1) is 15.3. The predicted molar refractivity (Wildman–Crippen MR) is 80.8 cm³/mol. The van der Waals surface area contributed by atoms with Crippen LogP contribution in [-0.2, 0) is 11.2 Å². The highest BCUT2D eigenvalue weighted by Crippen LogP contribution is 2.27. The fraction of sp³-hybridized carbons (Fsp3) is 0.562. The standard InChI is InChI=1S/C16H22ClNO2/c1-16(2,11-12-4-3-5-13(17)10-12)15(20)18-8-6-14(19)7-9-18/h3-5,10,14,19H,6-9,11H2,1-2H3. The quantitative estimate of drug-likeness (QED) is 0.931. The topological polar surface area (TPSA) is 40.5 Å². The number of carbonyl (C=O) groups is 1. The maximum absolute atomic E-state index is 12.6. The van der Waals surface area contributed by atoms with Gasteiger partial charge in [-0.05, 0) is 37.0 Å². The summed E-state index contributed by atoms with van der Waals surface area (Å²) in [6.45, 7) is 5.25. The van der Waals surface area contributed by atoms with Gasteiger partial charge in [0.15, 0.2) is 0 Å². The zero-order valence-corrected chi connectivity index (χ0v) is 12.9. The minimum absolute atomic E-state index is 0.157. The van der Waals surface area contributed by atoms with Crippen LogP contribution in [0.25, 0.3) is 0 Å². The summed E-state index contributed by atoms with van der Waals surface area (Å²) in [4.78, 5) is 14.5. The van der Waals surface area contributed by atoms with Crippen LogP contribution in [0.5, 0.6) is 0 Å². The smallest absolute Gasteiger partial charge is 0.228 e. The third-order valence-electron chi connectivity index (χ3n) is 3.87. The summed E-state index contributed by atoms with van der Waals surface area (Å²) in [5, 5.41) is 10.2. The van der Waals surface area contributed by atoms with Crippen LogP contribution in [0.3, 0.4) is 0 Å². The van der Waals surface area contributed by atoms with E-state index in [1.165, 1.54) is 0 Å². The first-order valence-electron chi connectivity index (χ1n) is 7.10. The van der Waals surface area contributed by atoms with Gasteiger partial charge in [0.2, 0.25) is 5.91 Å². The lowest BCUT2D eigenvalue weighted by Gasteiger charge is -2.36. The highest BCUT2D eigenvalue weighted by molar-refractivity contribution is 6.30. The van der Waals surface area contributed by atoms with Gasteiger partial charge in [-0.25, -0.2) is 0 Å². The number of hydrogen-bond acceptors (Lipinski definition) is 2. The van der Waals surface area contributed by atoms with Crippen LogP contribution in [0.2, 0.25) is 5.02 Å². The Morgan fingerprint density at radius 2 is 2.05 bits per heavy atom. The van der Waals surface area contributed by atoms with Gasteiger partial charge in [0.1, 0.15) is 0 Å². The monoisotopic (exact) mass is 295 g/mol. The van der Waals surface area contributed by atoms with Crippen LogP contribution in [0.15, 0.2) is 24.3 Å². The van der Waals surface area contributed by atoms with Crippen molar-refractivity contribution in [2.24, 2.45) is 5.41 Å². The summed E-state index contributed by atoms with van der Waals surface area (Å²) in [6, 6.07) is 7.67. The molecule has 1 heterocycles. The van der Waals surface area contributed by atoms with Gasteiger partial charge in [0.25, 0.3) is 0 Å². The van der Waals surface area contributed by atoms with Crippen molar-refractivity contribution in [2.75, 3.05) is 13.1 Å². The second kappa shape index (κ2) is 6.15. The summed E-state index contributed by atoms with van der Waals surface area (Å²) in [7, 11) is 0. The maximum Gasteiger partial charge on any atom is 0.228 e. The highest BCUT2D eigenvalue weighted by atomic mass is 35.5. The van der Waals surface area contributed by atoms with Crippen LogP contribution in [0.1, 0.15) is 32.3 Å². The molecular formula is C16H22ClNO2. The number of nitrogens with zero attached hydrogens (tertiary/aromatic N) is 1. The van der Waals surface area contributed by atoms with Crippen molar-refractivity contribution in [3.8, 4) is 0 Å². The Hall–Kier alpha value is -1.06. The molecular weight excluding hydrogens is 274 g/mol. The molecule has 0 bridgehead atoms. The number of amides is 1. The van der Waals surface area contributed by atoms with Crippen LogP contribution in [0, 0.1) is 5.41 Å². The molecule has 0 saturated carbocycles. The van der Waals surface area contributed by atoms with E-state index in [0.717, 1.165) is 5.56 Å². The number of likely N-dealkylation sites (tertiary alicyclic amines) is 1. The molecule has 1 amide bonds. The number of hydrogen-bond donors (Lipinski definition) is 1. The fourth-order valence-corrected chi connectivity index (χ4v) is 2.94. The molecule has 1 N–H and O–H groups in total. The van der Waals surface area contributed by atoms with Gasteiger partial charge >= 0.3 is 0 Å². The van der Waals surface area contributed by atoms with Gasteiger partial charge in [-0.2, -0.15) is 0 Å². The van der Waals surface area contributed by atoms with Crippen LogP contribution in [0.4, 0.5) is 0 Å². The Morgan fingerprint density at radius 3 is 2.65 bits per heavy atom. The predicted octanol–water partition coefficient (Wildman–Crippen LogP) is 2.89. The Bertz CT molecular complexity index is 479. The zero-order chi connectivity index (χ0) is 14.8. The third kappa shape index (κ3) is 3.74. The number of benzene rings is 1. The lowest BCUT2D eigenvalue weighted by Crippen LogP contribution is -2.46. The average molecular weight is 296 g/mol. The molecule has 1 aromatic rings. The molecule has 2 rings (SSSR count). The normalized spacial score (nSPS) is 17.3. The molecule has 110 valence electrons. The van der Waals surface area contributed by atoms with E-state index in [1.807, 2.05) is 43.0 Å². The van der Waals surface area contributed by atoms with Gasteiger partial charge in [-0.1, -0.05) is 37.6 Å². The fourth-order valence-electron chi connectivity index (χ4n) is 2.73. The van der Waals surface area contributed by atoms with E-state index in [1.54, 1.807) is 0 Å². The van der Waals surface area contributed by atoms with Crippen molar-refractivity contribution in [3.05, 3.63) is 34.9 Å². The van der Waals surface area contributed by atoms with Crippen LogP contribution >= 0.6 is 11.6 Å². The van der Waals surface area contributed by atoms with E-state index < -0.39 is 5.41 Å². The van der Waals surface area contributed by atoms with Crippen molar-refractivity contribution < 1.29 is 9.90 Å². The molecule has 0 aliphatic carbocycles. The van der Waals surface area contributed by atoms with E-state index in [4.69, 9.17) is 11.6 Å². The molecule has 1 aromatic carbocycles. The minimum Gasteiger partial charge on any atom is -0.393 e. The van der Waals surface area contributed by atoms with E-state index in [0.29, 0.717) is 37.4 Å². The summed E-state index contributed by atoms with van der Waals surface area (Å²) in [5.41, 5.74) is 0.625. The van der Waals surface area contributed by atoms with Gasteiger partial charge in [0.05, 0.1) is 6.10 Å². The Kier molecular flexibility index (Phi) is 4.71. The lowest BCUT2D eigenvalue weighted by molar-refractivity contribution is -0.142. The molecule has 3 nitrogen and oxygen atoms in total. The van der Waals surface area contributed by atoms with Crippen molar-refractivity contribution >= 4 is 17.5 Å². The summed E-state index contributed by atoms with van der Waals surface area (Å²) >= 11 is 5.99. The largest absolute Gasteiger partial charge is 0.393 e. The summed E-state index contributed by atoms with van der Waals surface area (Å²) in [5.74, 6) is 0.157. The molecule has 0 unspecified atom stereocenters. The number of rotatable bonds is 3. The Balaban J connectivity index is 2.03. The van der Waals surface area contributed by atoms with Crippen molar-refractivity contribution in [1.82, 2.24) is 4.90 Å². The second-order valence-electron chi connectivity index (χ2n) is 6.21. The molecule has 0 aromatic heterocycles. The SMILES string of the molecule is CC(C)(Cc1cccc(Cl)c1)C(=O)N1CCC(O)CC1. The molecule has 20 heavy (non-hydrogen) atoms. The molecule has 1 aliphatic heterocycles. The molecule has 1 saturated heterocycles. The number of piperidine rings is 1. The zero-order valence-electron chi connectivity index (χ0n) is 12.1. The van der Waals surface area contributed by atoms with Gasteiger partial charge in [0, 0.05) is 23.5 Å². The van der Waals surface area contributed by atoms with E-state index >= 15 is 0 Å². The maximum atomic E-state index is 12.6. The van der Waals surface area contributed by atoms with Crippen molar-refractivity contribution in [3.63, 3.8) is 0 Å². The second-order valence-corrected chi connectivity index (χ2v) is 6.65. The van der Waals surface area contributed by atoms with Gasteiger partial charge in [-0.15, -0.1) is 0 Å². The minimum atomic E-state index is -0.451. The number of aliphatic hydroxyl groups excluding tert-OH is 1. The molecule has 0 spiro atoms. The van der Waals surface area contributed by atoms with Crippen LogP contribution in [-0.4, -0.2) is 35.1 Å². The molecule has 0 radical (unpaired) electrons. The van der Waals surface area contributed by atoms with Crippen LogP contribution < -0.4 is 0 Å². The van der Waals surface area contributed by atoms with E-state index in [9.17, 15) is 9.90 Å². The average Bonchev–Trinajstić information content (AvgIpc) is 2.38. The molecule has 1 aliphatic rings. The summed E-state index contributed by atoms with van der Waals surface area (Å²) < 4.78 is 0. The van der Waals surface area contributed by atoms with Gasteiger partial charge in [-0.3, -0.25) is 4.79 Å². The molecule has 4 heteroatoms. The first-order chi connectivity index (χ1) is 9.38. The number of halogens is 1. The highest BCUT2D eigenvalue weighted by Gasteiger charge is 2.33. The van der Waals surface area contributed by atoms with Crippen molar-refractivity contribution in [1.29, 1.82) is 0 Å². The number of aliphatic hydroxyl groups is 1.